The number of carbonyl (C=O) groups is 1. The van der Waals surface area contributed by atoms with E-state index in [-0.39, 0.29) is 18.6 Å². The predicted molar refractivity (Wildman–Crippen MR) is 62.0 cm³/mol. The number of Topliss-reactive ketones (excluding diaryl/α,β-unsaturated/α-hetero) is 1. The van der Waals surface area contributed by atoms with Gasteiger partial charge in [0.15, 0.2) is 11.6 Å². The number of nitrogens with zero attached hydrogens (tertiary/aromatic N) is 2. The Morgan fingerprint density at radius 1 is 1.22 bits per heavy atom. The van der Waals surface area contributed by atoms with Crippen LogP contribution in [-0.4, -0.2) is 15.6 Å². The van der Waals surface area contributed by atoms with Gasteiger partial charge in [0, 0.05) is 19.7 Å². The second-order valence-corrected chi connectivity index (χ2v) is 4.12. The van der Waals surface area contributed by atoms with E-state index >= 15 is 0 Å². The zero-order valence-corrected chi connectivity index (χ0v) is 9.86. The highest BCUT2D eigenvalue weighted by Gasteiger charge is 2.09. The van der Waals surface area contributed by atoms with Crippen LogP contribution >= 0.6 is 0 Å². The van der Waals surface area contributed by atoms with Gasteiger partial charge in [-0.3, -0.25) is 9.48 Å². The van der Waals surface area contributed by atoms with Gasteiger partial charge in [-0.25, -0.2) is 8.78 Å². The lowest BCUT2D eigenvalue weighted by Crippen LogP contribution is -2.08. The Bertz CT molecular complexity index is 578. The Hall–Kier alpha value is -2.04. The molecule has 0 bridgehead atoms. The molecule has 1 aromatic carbocycles. The molecule has 1 heterocycles. The van der Waals surface area contributed by atoms with Crippen LogP contribution in [0.3, 0.4) is 0 Å². The van der Waals surface area contributed by atoms with Crippen molar-refractivity contribution in [3.63, 3.8) is 0 Å². The maximum atomic E-state index is 13.0. The summed E-state index contributed by atoms with van der Waals surface area (Å²) in [5.41, 5.74) is 1.14. The van der Waals surface area contributed by atoms with Gasteiger partial charge in [-0.05, 0) is 23.8 Å². The van der Waals surface area contributed by atoms with E-state index in [0.717, 1.165) is 12.1 Å². The molecule has 1 aromatic heterocycles. The molecule has 0 aliphatic rings. The summed E-state index contributed by atoms with van der Waals surface area (Å²) in [5, 5.41) is 4.09. The van der Waals surface area contributed by atoms with Crippen LogP contribution in [0.5, 0.6) is 0 Å². The summed E-state index contributed by atoms with van der Waals surface area (Å²) in [7, 11) is 1.77. The summed E-state index contributed by atoms with van der Waals surface area (Å²) >= 11 is 0. The zero-order chi connectivity index (χ0) is 13.1. The molecule has 0 radical (unpaired) electrons. The molecule has 0 atom stereocenters. The lowest BCUT2D eigenvalue weighted by atomic mass is 10.1. The second kappa shape index (κ2) is 5.08. The molecule has 0 saturated heterocycles. The van der Waals surface area contributed by atoms with E-state index in [2.05, 4.69) is 5.10 Å². The molecule has 0 aliphatic carbocycles. The number of hydrogen-bond acceptors (Lipinski definition) is 2. The standard InChI is InChI=1S/C13H12F2N2O/c1-17-5-4-10(16-17)8-11(18)6-9-2-3-12(14)13(15)7-9/h2-5,7H,6,8H2,1H3. The van der Waals surface area contributed by atoms with Crippen molar-refractivity contribution < 1.29 is 13.6 Å². The number of aromatic nitrogens is 2. The van der Waals surface area contributed by atoms with Crippen molar-refractivity contribution in [3.05, 3.63) is 53.4 Å². The van der Waals surface area contributed by atoms with Gasteiger partial charge in [-0.2, -0.15) is 5.10 Å². The van der Waals surface area contributed by atoms with Crippen molar-refractivity contribution >= 4 is 5.78 Å². The van der Waals surface area contributed by atoms with Crippen LogP contribution in [0.1, 0.15) is 11.3 Å². The van der Waals surface area contributed by atoms with Crippen LogP contribution in [0.2, 0.25) is 0 Å². The van der Waals surface area contributed by atoms with Gasteiger partial charge < -0.3 is 0 Å². The maximum absolute atomic E-state index is 13.0. The molecule has 3 nitrogen and oxygen atoms in total. The molecule has 0 unspecified atom stereocenters. The van der Waals surface area contributed by atoms with E-state index in [1.54, 1.807) is 24.0 Å². The number of ketones is 1. The monoisotopic (exact) mass is 250 g/mol. The summed E-state index contributed by atoms with van der Waals surface area (Å²) in [6, 6.07) is 5.24. The first kappa shape index (κ1) is 12.4. The molecule has 5 heteroatoms. The van der Waals surface area contributed by atoms with Crippen molar-refractivity contribution in [1.82, 2.24) is 9.78 Å². The fraction of sp³-hybridized carbons (Fsp3) is 0.231. The topological polar surface area (TPSA) is 34.9 Å². The Morgan fingerprint density at radius 3 is 2.61 bits per heavy atom. The van der Waals surface area contributed by atoms with E-state index in [9.17, 15) is 13.6 Å². The first-order valence-electron chi connectivity index (χ1n) is 5.49. The van der Waals surface area contributed by atoms with Gasteiger partial charge >= 0.3 is 0 Å². The van der Waals surface area contributed by atoms with Crippen molar-refractivity contribution in [2.45, 2.75) is 12.8 Å². The van der Waals surface area contributed by atoms with Crippen LogP contribution in [0, 0.1) is 11.6 Å². The summed E-state index contributed by atoms with van der Waals surface area (Å²) < 4.78 is 27.3. The minimum absolute atomic E-state index is 0.0772. The van der Waals surface area contributed by atoms with Crippen molar-refractivity contribution in [2.24, 2.45) is 7.05 Å². The van der Waals surface area contributed by atoms with Gasteiger partial charge in [-0.1, -0.05) is 6.07 Å². The smallest absolute Gasteiger partial charge is 0.159 e. The van der Waals surface area contributed by atoms with E-state index in [0.29, 0.717) is 11.3 Å². The van der Waals surface area contributed by atoms with Crippen LogP contribution < -0.4 is 0 Å². The third kappa shape index (κ3) is 3.00. The maximum Gasteiger partial charge on any atom is 0.159 e. The molecule has 0 N–H and O–H groups in total. The van der Waals surface area contributed by atoms with Crippen molar-refractivity contribution in [1.29, 1.82) is 0 Å². The fourth-order valence-electron chi connectivity index (χ4n) is 1.70. The predicted octanol–water partition coefficient (Wildman–Crippen LogP) is 2.05. The first-order chi connectivity index (χ1) is 8.54. The molecule has 18 heavy (non-hydrogen) atoms. The highest BCUT2D eigenvalue weighted by Crippen LogP contribution is 2.10. The molecule has 2 rings (SSSR count). The molecule has 94 valence electrons. The van der Waals surface area contributed by atoms with E-state index in [1.807, 2.05) is 0 Å². The fourth-order valence-corrected chi connectivity index (χ4v) is 1.70. The normalized spacial score (nSPS) is 10.6. The minimum Gasteiger partial charge on any atom is -0.299 e. The second-order valence-electron chi connectivity index (χ2n) is 4.12. The molecule has 0 aliphatic heterocycles. The number of hydrogen-bond donors (Lipinski definition) is 0. The average Bonchev–Trinajstić information content (AvgIpc) is 2.69. The van der Waals surface area contributed by atoms with Gasteiger partial charge in [0.05, 0.1) is 12.1 Å². The van der Waals surface area contributed by atoms with Crippen LogP contribution in [-0.2, 0) is 24.7 Å². The van der Waals surface area contributed by atoms with Crippen LogP contribution in [0.15, 0.2) is 30.5 Å². The van der Waals surface area contributed by atoms with Gasteiger partial charge in [-0.15, -0.1) is 0 Å². The summed E-state index contributed by atoms with van der Waals surface area (Å²) in [6.07, 6.45) is 2.02. The Morgan fingerprint density at radius 2 is 2.00 bits per heavy atom. The van der Waals surface area contributed by atoms with Crippen molar-refractivity contribution in [2.75, 3.05) is 0 Å². The third-order valence-electron chi connectivity index (χ3n) is 2.53. The van der Waals surface area contributed by atoms with Crippen LogP contribution in [0.25, 0.3) is 0 Å². The first-order valence-corrected chi connectivity index (χ1v) is 5.49. The summed E-state index contributed by atoms with van der Waals surface area (Å²) in [5.74, 6) is -1.92. The van der Waals surface area contributed by atoms with Crippen molar-refractivity contribution in [3.8, 4) is 0 Å². The summed E-state index contributed by atoms with van der Waals surface area (Å²) in [4.78, 5) is 11.7. The lowest BCUT2D eigenvalue weighted by molar-refractivity contribution is -0.117. The average molecular weight is 250 g/mol. The molecule has 0 amide bonds. The highest BCUT2D eigenvalue weighted by molar-refractivity contribution is 5.82. The number of carbonyl (C=O) groups excluding carboxylic acids is 1. The van der Waals surface area contributed by atoms with E-state index in [1.165, 1.54) is 6.07 Å². The van der Waals surface area contributed by atoms with E-state index in [4.69, 9.17) is 0 Å². The number of rotatable bonds is 4. The molecule has 0 fully saturated rings. The summed E-state index contributed by atoms with van der Waals surface area (Å²) in [6.45, 7) is 0. The molecule has 0 spiro atoms. The number of aryl methyl sites for hydroxylation is 1. The lowest BCUT2D eigenvalue weighted by Gasteiger charge is -2.01. The van der Waals surface area contributed by atoms with Crippen LogP contribution in [0.4, 0.5) is 8.78 Å². The number of benzene rings is 1. The molecular weight excluding hydrogens is 238 g/mol. The molecule has 2 aromatic rings. The van der Waals surface area contributed by atoms with Gasteiger partial charge in [0.2, 0.25) is 0 Å². The zero-order valence-electron chi connectivity index (χ0n) is 9.86. The Kier molecular flexibility index (Phi) is 3.50. The Balaban J connectivity index is 2.00. The minimum atomic E-state index is -0.932. The third-order valence-corrected chi connectivity index (χ3v) is 2.53. The largest absolute Gasteiger partial charge is 0.299 e. The SMILES string of the molecule is Cn1ccc(CC(=O)Cc2ccc(F)c(F)c2)n1. The van der Waals surface area contributed by atoms with E-state index < -0.39 is 11.6 Å². The number of halogens is 2. The quantitative estimate of drug-likeness (QED) is 0.832. The highest BCUT2D eigenvalue weighted by atomic mass is 19.2. The molecule has 0 saturated carbocycles. The Labute approximate surface area is 103 Å². The molecular formula is C13H12F2N2O. The van der Waals surface area contributed by atoms with Gasteiger partial charge in [0.1, 0.15) is 5.78 Å². The van der Waals surface area contributed by atoms with Gasteiger partial charge in [0.25, 0.3) is 0 Å².